The van der Waals surface area contributed by atoms with E-state index >= 15 is 0 Å². The van der Waals surface area contributed by atoms with Crippen LogP contribution in [0.2, 0.25) is 0 Å². The average Bonchev–Trinajstić information content (AvgIpc) is 3.17. The molecule has 1 N–H and O–H groups in total. The first-order valence-electron chi connectivity index (χ1n) is 7.73. The largest absolute Gasteiger partial charge is 0.360 e. The van der Waals surface area contributed by atoms with E-state index < -0.39 is 0 Å². The maximum Gasteiger partial charge on any atom is 0.151 e. The van der Waals surface area contributed by atoms with E-state index in [2.05, 4.69) is 28.4 Å². The molecule has 4 heteroatoms. The maximum atomic E-state index is 5.44. The zero-order valence-electron chi connectivity index (χ0n) is 11.9. The van der Waals surface area contributed by atoms with Crippen LogP contribution >= 0.6 is 0 Å². The fraction of sp³-hybridized carbons (Fsp3) is 0.800. The molecule has 1 aliphatic heterocycles. The second-order valence-corrected chi connectivity index (χ2v) is 6.07. The molecule has 1 saturated carbocycles. The van der Waals surface area contributed by atoms with E-state index in [0.717, 1.165) is 36.5 Å². The summed E-state index contributed by atoms with van der Waals surface area (Å²) in [5.41, 5.74) is 1.05. The molecular weight excluding hydrogens is 238 g/mol. The maximum absolute atomic E-state index is 5.44. The van der Waals surface area contributed by atoms with E-state index in [1.807, 2.05) is 0 Å². The SMILES string of the molecule is CCC1CCN(Cc2cc(CNC3CC3)no2)CC1. The zero-order valence-corrected chi connectivity index (χ0v) is 11.9. The molecule has 1 aliphatic carbocycles. The summed E-state index contributed by atoms with van der Waals surface area (Å²) in [6.45, 7) is 6.48. The van der Waals surface area contributed by atoms with Crippen LogP contribution in [0.25, 0.3) is 0 Å². The number of nitrogens with zero attached hydrogens (tertiary/aromatic N) is 2. The molecule has 4 nitrogen and oxygen atoms in total. The molecule has 2 aliphatic rings. The van der Waals surface area contributed by atoms with E-state index in [-0.39, 0.29) is 0 Å². The van der Waals surface area contributed by atoms with Crippen molar-refractivity contribution in [3.05, 3.63) is 17.5 Å². The first-order chi connectivity index (χ1) is 9.33. The Labute approximate surface area is 115 Å². The topological polar surface area (TPSA) is 41.3 Å². The fourth-order valence-corrected chi connectivity index (χ4v) is 2.82. The Morgan fingerprint density at radius 2 is 2.11 bits per heavy atom. The van der Waals surface area contributed by atoms with Gasteiger partial charge in [0, 0.05) is 18.7 Å². The number of nitrogens with one attached hydrogen (secondary N) is 1. The first kappa shape index (κ1) is 13.1. The Morgan fingerprint density at radius 3 is 2.79 bits per heavy atom. The van der Waals surface area contributed by atoms with Crippen LogP contribution in [0.15, 0.2) is 10.6 Å². The number of likely N-dealkylation sites (tertiary alicyclic amines) is 1. The van der Waals surface area contributed by atoms with Gasteiger partial charge in [-0.3, -0.25) is 4.90 Å². The van der Waals surface area contributed by atoms with Gasteiger partial charge in [-0.05, 0) is 44.7 Å². The van der Waals surface area contributed by atoms with Gasteiger partial charge in [0.25, 0.3) is 0 Å². The predicted molar refractivity (Wildman–Crippen MR) is 74.7 cm³/mol. The van der Waals surface area contributed by atoms with Crippen molar-refractivity contribution in [2.45, 2.75) is 58.2 Å². The van der Waals surface area contributed by atoms with Crippen LogP contribution in [0, 0.1) is 5.92 Å². The molecule has 0 atom stereocenters. The molecule has 3 rings (SSSR count). The van der Waals surface area contributed by atoms with Gasteiger partial charge < -0.3 is 9.84 Å². The van der Waals surface area contributed by atoms with Crippen molar-refractivity contribution in [3.8, 4) is 0 Å². The van der Waals surface area contributed by atoms with Gasteiger partial charge in [-0.1, -0.05) is 18.5 Å². The van der Waals surface area contributed by atoms with Crippen molar-refractivity contribution in [3.63, 3.8) is 0 Å². The second-order valence-electron chi connectivity index (χ2n) is 6.07. The summed E-state index contributed by atoms with van der Waals surface area (Å²) in [6.07, 6.45) is 6.63. The van der Waals surface area contributed by atoms with Gasteiger partial charge in [-0.2, -0.15) is 0 Å². The summed E-state index contributed by atoms with van der Waals surface area (Å²) in [5.74, 6) is 1.95. The van der Waals surface area contributed by atoms with Gasteiger partial charge in [-0.25, -0.2) is 0 Å². The molecule has 1 aromatic heterocycles. The molecule has 0 bridgehead atoms. The van der Waals surface area contributed by atoms with Gasteiger partial charge in [0.15, 0.2) is 5.76 Å². The van der Waals surface area contributed by atoms with Crippen molar-refractivity contribution in [2.75, 3.05) is 13.1 Å². The zero-order chi connectivity index (χ0) is 13.1. The Morgan fingerprint density at radius 1 is 1.32 bits per heavy atom. The number of hydrogen-bond acceptors (Lipinski definition) is 4. The van der Waals surface area contributed by atoms with Crippen LogP contribution in [0.4, 0.5) is 0 Å². The third kappa shape index (κ3) is 3.80. The van der Waals surface area contributed by atoms with Gasteiger partial charge in [0.2, 0.25) is 0 Å². The fourth-order valence-electron chi connectivity index (χ4n) is 2.82. The van der Waals surface area contributed by atoms with Crippen molar-refractivity contribution in [2.24, 2.45) is 5.92 Å². The monoisotopic (exact) mass is 263 g/mol. The second kappa shape index (κ2) is 6.06. The molecule has 0 aromatic carbocycles. The van der Waals surface area contributed by atoms with E-state index in [4.69, 9.17) is 4.52 Å². The van der Waals surface area contributed by atoms with Crippen molar-refractivity contribution < 1.29 is 4.52 Å². The van der Waals surface area contributed by atoms with Gasteiger partial charge in [0.05, 0.1) is 12.2 Å². The highest BCUT2D eigenvalue weighted by Gasteiger charge is 2.21. The Hall–Kier alpha value is -0.870. The lowest BCUT2D eigenvalue weighted by atomic mass is 9.94. The van der Waals surface area contributed by atoms with Crippen LogP contribution in [-0.2, 0) is 13.1 Å². The minimum absolute atomic E-state index is 0.730. The van der Waals surface area contributed by atoms with Crippen LogP contribution in [0.3, 0.4) is 0 Å². The van der Waals surface area contributed by atoms with E-state index in [9.17, 15) is 0 Å². The number of hydrogen-bond donors (Lipinski definition) is 1. The minimum atomic E-state index is 0.730. The van der Waals surface area contributed by atoms with E-state index in [1.165, 1.54) is 45.2 Å². The highest BCUT2D eigenvalue weighted by molar-refractivity contribution is 5.06. The van der Waals surface area contributed by atoms with Crippen LogP contribution in [0.1, 0.15) is 50.5 Å². The van der Waals surface area contributed by atoms with Crippen molar-refractivity contribution in [1.29, 1.82) is 0 Å². The predicted octanol–water partition coefficient (Wildman–Crippen LogP) is 2.55. The third-order valence-corrected chi connectivity index (χ3v) is 4.42. The lowest BCUT2D eigenvalue weighted by molar-refractivity contribution is 0.159. The highest BCUT2D eigenvalue weighted by Crippen LogP contribution is 2.22. The van der Waals surface area contributed by atoms with E-state index in [0.29, 0.717) is 0 Å². The average molecular weight is 263 g/mol. The summed E-state index contributed by atoms with van der Waals surface area (Å²) >= 11 is 0. The summed E-state index contributed by atoms with van der Waals surface area (Å²) in [5, 5.41) is 7.62. The Kier molecular flexibility index (Phi) is 4.18. The Bertz CT molecular complexity index is 392. The molecule has 0 unspecified atom stereocenters. The number of aromatic nitrogens is 1. The van der Waals surface area contributed by atoms with Crippen LogP contribution in [-0.4, -0.2) is 29.2 Å². The molecular formula is C15H25N3O. The van der Waals surface area contributed by atoms with Crippen LogP contribution < -0.4 is 5.32 Å². The smallest absolute Gasteiger partial charge is 0.151 e. The van der Waals surface area contributed by atoms with Gasteiger partial charge in [0.1, 0.15) is 0 Å². The highest BCUT2D eigenvalue weighted by atomic mass is 16.5. The lowest BCUT2D eigenvalue weighted by Gasteiger charge is -2.30. The standard InChI is InChI=1S/C15H25N3O/c1-2-12-5-7-18(8-6-12)11-15-9-14(17-19-15)10-16-13-3-4-13/h9,12-13,16H,2-8,10-11H2,1H3. The summed E-state index contributed by atoms with van der Waals surface area (Å²) < 4.78 is 5.44. The quantitative estimate of drug-likeness (QED) is 0.856. The normalized spacial score (nSPS) is 21.9. The lowest BCUT2D eigenvalue weighted by Crippen LogP contribution is -2.32. The molecule has 19 heavy (non-hydrogen) atoms. The molecule has 0 radical (unpaired) electrons. The first-order valence-corrected chi connectivity index (χ1v) is 7.73. The van der Waals surface area contributed by atoms with Crippen molar-refractivity contribution >= 4 is 0 Å². The molecule has 1 saturated heterocycles. The minimum Gasteiger partial charge on any atom is -0.360 e. The summed E-state index contributed by atoms with van der Waals surface area (Å²) in [7, 11) is 0. The molecule has 106 valence electrons. The molecule has 2 heterocycles. The molecule has 0 spiro atoms. The van der Waals surface area contributed by atoms with Crippen LogP contribution in [0.5, 0.6) is 0 Å². The Balaban J connectivity index is 1.44. The molecule has 0 amide bonds. The van der Waals surface area contributed by atoms with E-state index in [1.54, 1.807) is 0 Å². The summed E-state index contributed by atoms with van der Waals surface area (Å²) in [4.78, 5) is 2.49. The summed E-state index contributed by atoms with van der Waals surface area (Å²) in [6, 6.07) is 2.84. The van der Waals surface area contributed by atoms with Gasteiger partial charge in [-0.15, -0.1) is 0 Å². The van der Waals surface area contributed by atoms with Crippen molar-refractivity contribution in [1.82, 2.24) is 15.4 Å². The number of rotatable bonds is 6. The molecule has 1 aromatic rings. The van der Waals surface area contributed by atoms with Gasteiger partial charge >= 0.3 is 0 Å². The third-order valence-electron chi connectivity index (χ3n) is 4.42. The molecule has 2 fully saturated rings. The number of piperidine rings is 1.